The maximum atomic E-state index is 6.41. The number of nitrogens with zero attached hydrogens (tertiary/aromatic N) is 8. The first-order chi connectivity index (χ1) is 27.2. The van der Waals surface area contributed by atoms with Crippen molar-refractivity contribution in [2.45, 2.75) is 26.2 Å². The molecule has 7 aromatic rings. The lowest BCUT2D eigenvalue weighted by atomic mass is 10.1. The summed E-state index contributed by atoms with van der Waals surface area (Å²) in [4.78, 5) is 14.1. The third kappa shape index (κ3) is 10.9. The Balaban J connectivity index is 0.000000194. The van der Waals surface area contributed by atoms with Gasteiger partial charge in [-0.1, -0.05) is 96.9 Å². The van der Waals surface area contributed by atoms with Crippen molar-refractivity contribution in [3.8, 4) is 22.5 Å². The fraction of sp³-hybridized carbons (Fsp3) is 0.286. The van der Waals surface area contributed by atoms with Crippen LogP contribution in [0, 0.1) is 0 Å². The zero-order chi connectivity index (χ0) is 39.4. The zero-order valence-corrected chi connectivity index (χ0v) is 36.5. The van der Waals surface area contributed by atoms with E-state index >= 15 is 0 Å². The third-order valence-electron chi connectivity index (χ3n) is 9.37. The van der Waals surface area contributed by atoms with E-state index in [1.54, 1.807) is 12.4 Å². The molecule has 0 aliphatic heterocycles. The van der Waals surface area contributed by atoms with E-state index in [-0.39, 0.29) is 0 Å². The first-order valence-corrected chi connectivity index (χ1v) is 21.0. The lowest BCUT2D eigenvalue weighted by Crippen LogP contribution is -2.24. The van der Waals surface area contributed by atoms with Crippen LogP contribution in [0.25, 0.3) is 33.8 Å². The molecule has 0 bridgehead atoms. The van der Waals surface area contributed by atoms with Gasteiger partial charge in [-0.15, -0.1) is 0 Å². The van der Waals surface area contributed by atoms with Crippen LogP contribution in [0.5, 0.6) is 0 Å². The summed E-state index contributed by atoms with van der Waals surface area (Å²) in [5.41, 5.74) is 6.37. The Hall–Kier alpha value is -4.04. The van der Waals surface area contributed by atoms with Crippen molar-refractivity contribution in [3.63, 3.8) is 0 Å². The van der Waals surface area contributed by atoms with Gasteiger partial charge < -0.3 is 20.4 Å². The Morgan fingerprint density at radius 2 is 1.09 bits per heavy atom. The Bertz CT molecular complexity index is 2330. The molecule has 0 saturated carbocycles. The largest absolute Gasteiger partial charge is 0.370 e. The summed E-state index contributed by atoms with van der Waals surface area (Å²) in [6.45, 7) is 8.05. The second-order valence-electron chi connectivity index (χ2n) is 13.5. The molecule has 0 saturated heterocycles. The number of halogens is 4. The number of anilines is 2. The van der Waals surface area contributed by atoms with E-state index in [1.165, 1.54) is 5.56 Å². The molecule has 7 rings (SSSR count). The number of nitrogens with one attached hydrogen (secondary N) is 2. The van der Waals surface area contributed by atoms with Crippen LogP contribution in [0.3, 0.4) is 0 Å². The monoisotopic (exact) mass is 918 g/mol. The fourth-order valence-corrected chi connectivity index (χ4v) is 7.26. The summed E-state index contributed by atoms with van der Waals surface area (Å²) in [6, 6.07) is 30.1. The van der Waals surface area contributed by atoms with Crippen LogP contribution in [0.1, 0.15) is 25.3 Å². The van der Waals surface area contributed by atoms with Gasteiger partial charge in [0.05, 0.1) is 32.7 Å². The third-order valence-corrected chi connectivity index (χ3v) is 11.1. The number of benzene rings is 3. The van der Waals surface area contributed by atoms with Crippen molar-refractivity contribution in [1.82, 2.24) is 39.0 Å². The van der Waals surface area contributed by atoms with Crippen LogP contribution in [0.15, 0.2) is 112 Å². The predicted molar refractivity (Wildman–Crippen MR) is 239 cm³/mol. The molecule has 4 aromatic heterocycles. The van der Waals surface area contributed by atoms with Crippen LogP contribution in [0.4, 0.5) is 11.6 Å². The molecule has 0 atom stereocenters. The van der Waals surface area contributed by atoms with Crippen molar-refractivity contribution in [3.05, 3.63) is 128 Å². The van der Waals surface area contributed by atoms with Gasteiger partial charge in [0.1, 0.15) is 11.6 Å². The molecular formula is C42H46Br2Cl2N10. The summed E-state index contributed by atoms with van der Waals surface area (Å²) < 4.78 is 5.34. The molecule has 0 aliphatic rings. The van der Waals surface area contributed by atoms with Crippen molar-refractivity contribution >= 4 is 78.0 Å². The average Bonchev–Trinajstić information content (AvgIpc) is 3.79. The quantitative estimate of drug-likeness (QED) is 0.0927. The van der Waals surface area contributed by atoms with Gasteiger partial charge in [0.15, 0.2) is 11.3 Å². The summed E-state index contributed by atoms with van der Waals surface area (Å²) in [6.07, 6.45) is 6.67. The van der Waals surface area contributed by atoms with Crippen LogP contribution < -0.4 is 10.6 Å². The van der Waals surface area contributed by atoms with E-state index < -0.39 is 0 Å². The van der Waals surface area contributed by atoms with Gasteiger partial charge in [-0.2, -0.15) is 19.2 Å². The Morgan fingerprint density at radius 3 is 1.57 bits per heavy atom. The first kappa shape index (κ1) is 41.6. The highest BCUT2D eigenvalue weighted by Gasteiger charge is 2.15. The van der Waals surface area contributed by atoms with Gasteiger partial charge in [0.2, 0.25) is 0 Å². The normalized spacial score (nSPS) is 11.4. The molecule has 56 heavy (non-hydrogen) atoms. The number of aromatic nitrogens is 6. The molecular weight excluding hydrogens is 875 g/mol. The van der Waals surface area contributed by atoms with Crippen molar-refractivity contribution in [2.24, 2.45) is 0 Å². The Labute approximate surface area is 355 Å². The van der Waals surface area contributed by atoms with E-state index in [9.17, 15) is 0 Å². The molecule has 3 aromatic carbocycles. The van der Waals surface area contributed by atoms with Gasteiger partial charge in [-0.3, -0.25) is 0 Å². The fourth-order valence-electron chi connectivity index (χ4n) is 6.10. The summed E-state index contributed by atoms with van der Waals surface area (Å²) in [5.74, 6) is 1.81. The van der Waals surface area contributed by atoms with E-state index in [0.29, 0.717) is 10.0 Å². The van der Waals surface area contributed by atoms with E-state index in [2.05, 4.69) is 114 Å². The van der Waals surface area contributed by atoms with Crippen LogP contribution in [0.2, 0.25) is 10.0 Å². The highest BCUT2D eigenvalue weighted by atomic mass is 79.9. The average molecular weight is 922 g/mol. The second kappa shape index (κ2) is 20.4. The summed E-state index contributed by atoms with van der Waals surface area (Å²) in [7, 11) is 4.30. The van der Waals surface area contributed by atoms with Gasteiger partial charge in [0.25, 0.3) is 0 Å². The number of hydrogen-bond donors (Lipinski definition) is 2. The summed E-state index contributed by atoms with van der Waals surface area (Å²) >= 11 is 19.8. The second-order valence-corrected chi connectivity index (χ2v) is 16.0. The maximum absolute atomic E-state index is 6.41. The van der Waals surface area contributed by atoms with Gasteiger partial charge >= 0.3 is 0 Å². The maximum Gasteiger partial charge on any atom is 0.172 e. The zero-order valence-electron chi connectivity index (χ0n) is 31.8. The molecule has 4 heterocycles. The molecule has 2 N–H and O–H groups in total. The highest BCUT2D eigenvalue weighted by molar-refractivity contribution is 9.11. The molecule has 10 nitrogen and oxygen atoms in total. The number of fused-ring (bicyclic) bond motifs is 2. The molecule has 292 valence electrons. The number of likely N-dealkylation sites (N-methyl/N-ethyl adjacent to an activating group) is 1. The smallest absolute Gasteiger partial charge is 0.172 e. The van der Waals surface area contributed by atoms with Gasteiger partial charge in [-0.05, 0) is 103 Å². The van der Waals surface area contributed by atoms with Crippen molar-refractivity contribution < 1.29 is 0 Å². The van der Waals surface area contributed by atoms with Gasteiger partial charge in [0, 0.05) is 52.9 Å². The van der Waals surface area contributed by atoms with Crippen LogP contribution in [-0.4, -0.2) is 92.4 Å². The lowest BCUT2D eigenvalue weighted by Gasteiger charge is -2.17. The summed E-state index contributed by atoms with van der Waals surface area (Å²) in [5, 5.41) is 17.2. The highest BCUT2D eigenvalue weighted by Crippen LogP contribution is 2.32. The van der Waals surface area contributed by atoms with Crippen LogP contribution in [-0.2, 0) is 6.42 Å². The van der Waals surface area contributed by atoms with Crippen molar-refractivity contribution in [1.29, 1.82) is 0 Å². The molecule has 0 radical (unpaired) electrons. The molecule has 0 unspecified atom stereocenters. The Kier molecular flexibility index (Phi) is 15.2. The number of hydrogen-bond acceptors (Lipinski definition) is 8. The SMILES string of the molecule is CCN(C)CCCNc1cc(-c2ccccc2Cl)nc2c(Br)cnn12.CN(CCCNc1cc(-c2ccccc2Cl)nc2c(Br)cnn12)CCc1ccccc1. The van der Waals surface area contributed by atoms with Gasteiger partial charge in [-0.25, -0.2) is 9.97 Å². The van der Waals surface area contributed by atoms with E-state index in [4.69, 9.17) is 33.2 Å². The van der Waals surface area contributed by atoms with E-state index in [0.717, 1.165) is 113 Å². The molecule has 0 amide bonds. The van der Waals surface area contributed by atoms with E-state index in [1.807, 2.05) is 69.7 Å². The molecule has 0 spiro atoms. The standard InChI is InChI=1S/C24H25BrClN5.C18H21BrClN5/c1-30(15-12-18-8-3-2-4-9-18)14-7-13-27-23-16-22(19-10-5-6-11-21(19)26)29-24-20(25)17-28-31(23)24;1-3-24(2)10-6-9-21-17-11-16(13-7-4-5-8-15(13)20)23-18-14(19)12-22-25(17)18/h2-6,8-11,16-17,27H,7,12-15H2,1H3;4-5,7-8,11-12,21H,3,6,9-10H2,1-2H3. The number of rotatable bonds is 16. The predicted octanol–water partition coefficient (Wildman–Crippen LogP) is 10.4. The molecule has 0 aliphatic carbocycles. The minimum absolute atomic E-state index is 0.681. The Morgan fingerprint density at radius 1 is 0.625 bits per heavy atom. The molecule has 0 fully saturated rings. The minimum Gasteiger partial charge on any atom is -0.370 e. The topological polar surface area (TPSA) is 90.9 Å². The first-order valence-electron chi connectivity index (χ1n) is 18.7. The van der Waals surface area contributed by atoms with Crippen LogP contribution >= 0.6 is 55.1 Å². The molecule has 14 heteroatoms. The lowest BCUT2D eigenvalue weighted by molar-refractivity contribution is 0.337. The van der Waals surface area contributed by atoms with Crippen molar-refractivity contribution in [2.75, 3.05) is 64.0 Å². The minimum atomic E-state index is 0.681.